The molecule has 29 heavy (non-hydrogen) atoms. The van der Waals surface area contributed by atoms with Crippen LogP contribution in [0.15, 0.2) is 41.1 Å². The summed E-state index contributed by atoms with van der Waals surface area (Å²) in [7, 11) is 4.55. The summed E-state index contributed by atoms with van der Waals surface area (Å²) in [5.41, 5.74) is 1.10. The number of aromatic nitrogens is 3. The molecule has 150 valence electrons. The van der Waals surface area contributed by atoms with Crippen molar-refractivity contribution in [2.24, 2.45) is 0 Å². The zero-order chi connectivity index (χ0) is 20.4. The van der Waals surface area contributed by atoms with Gasteiger partial charge in [0, 0.05) is 24.8 Å². The molecule has 0 spiro atoms. The SMILES string of the molecule is COc1cc(C(=O)N2CC(c3nc(-c4ccccn4)no3)C2)cc(OC)c1OC. The van der Waals surface area contributed by atoms with Crippen LogP contribution < -0.4 is 14.2 Å². The summed E-state index contributed by atoms with van der Waals surface area (Å²) in [6.45, 7) is 0.971. The molecule has 0 saturated carbocycles. The van der Waals surface area contributed by atoms with Crippen LogP contribution in [0.2, 0.25) is 0 Å². The van der Waals surface area contributed by atoms with E-state index in [1.165, 1.54) is 21.3 Å². The molecule has 1 aliphatic rings. The van der Waals surface area contributed by atoms with Crippen LogP contribution in [-0.2, 0) is 0 Å². The molecule has 0 unspecified atom stereocenters. The minimum Gasteiger partial charge on any atom is -0.493 e. The average Bonchev–Trinajstić information content (AvgIpc) is 3.21. The fraction of sp³-hybridized carbons (Fsp3) is 0.300. The first-order valence-corrected chi connectivity index (χ1v) is 8.99. The van der Waals surface area contributed by atoms with Crippen LogP contribution in [0.5, 0.6) is 17.2 Å². The smallest absolute Gasteiger partial charge is 0.254 e. The summed E-state index contributed by atoms with van der Waals surface area (Å²) in [5.74, 6) is 2.11. The molecule has 0 atom stereocenters. The Hall–Kier alpha value is -3.62. The predicted octanol–water partition coefficient (Wildman–Crippen LogP) is 2.40. The highest BCUT2D eigenvalue weighted by Gasteiger charge is 2.36. The van der Waals surface area contributed by atoms with Gasteiger partial charge < -0.3 is 23.6 Å². The van der Waals surface area contributed by atoms with E-state index >= 15 is 0 Å². The molecule has 0 aliphatic carbocycles. The van der Waals surface area contributed by atoms with Gasteiger partial charge in [-0.2, -0.15) is 4.98 Å². The van der Waals surface area contributed by atoms with Gasteiger partial charge in [0.1, 0.15) is 5.69 Å². The Bertz CT molecular complexity index is 990. The van der Waals surface area contributed by atoms with Gasteiger partial charge in [-0.25, -0.2) is 0 Å². The minimum absolute atomic E-state index is 0.00838. The number of nitrogens with zero attached hydrogens (tertiary/aromatic N) is 4. The molecule has 0 N–H and O–H groups in total. The van der Waals surface area contributed by atoms with Gasteiger partial charge in [0.25, 0.3) is 5.91 Å². The molecule has 1 amide bonds. The maximum Gasteiger partial charge on any atom is 0.254 e. The first-order valence-electron chi connectivity index (χ1n) is 8.99. The number of benzene rings is 1. The normalized spacial score (nSPS) is 13.7. The molecule has 0 bridgehead atoms. The van der Waals surface area contributed by atoms with E-state index in [1.54, 1.807) is 23.2 Å². The second-order valence-electron chi connectivity index (χ2n) is 6.49. The zero-order valence-electron chi connectivity index (χ0n) is 16.3. The van der Waals surface area contributed by atoms with Gasteiger partial charge in [-0.15, -0.1) is 0 Å². The average molecular weight is 396 g/mol. The predicted molar refractivity (Wildman–Crippen MR) is 102 cm³/mol. The maximum atomic E-state index is 12.9. The van der Waals surface area contributed by atoms with Gasteiger partial charge in [-0.1, -0.05) is 11.2 Å². The Balaban J connectivity index is 1.46. The molecule has 1 saturated heterocycles. The van der Waals surface area contributed by atoms with Crippen molar-refractivity contribution in [2.75, 3.05) is 34.4 Å². The fourth-order valence-electron chi connectivity index (χ4n) is 3.19. The fourth-order valence-corrected chi connectivity index (χ4v) is 3.19. The van der Waals surface area contributed by atoms with Crippen LogP contribution in [0, 0.1) is 0 Å². The summed E-state index contributed by atoms with van der Waals surface area (Å²) in [4.78, 5) is 23.2. The molecule has 1 aliphatic heterocycles. The van der Waals surface area contributed by atoms with Gasteiger partial charge in [0.2, 0.25) is 17.5 Å². The lowest BCUT2D eigenvalue weighted by molar-refractivity contribution is 0.0568. The monoisotopic (exact) mass is 396 g/mol. The molecule has 0 radical (unpaired) electrons. The Morgan fingerprint density at radius 2 is 1.83 bits per heavy atom. The number of pyridine rings is 1. The number of carbonyl (C=O) groups excluding carboxylic acids is 1. The number of hydrogen-bond donors (Lipinski definition) is 0. The second kappa shape index (κ2) is 7.78. The zero-order valence-corrected chi connectivity index (χ0v) is 16.3. The van der Waals surface area contributed by atoms with Crippen molar-refractivity contribution in [3.8, 4) is 28.8 Å². The van der Waals surface area contributed by atoms with Gasteiger partial charge in [0.05, 0.1) is 27.2 Å². The third-order valence-corrected chi connectivity index (χ3v) is 4.77. The van der Waals surface area contributed by atoms with E-state index in [4.69, 9.17) is 18.7 Å². The number of carbonyl (C=O) groups is 1. The van der Waals surface area contributed by atoms with Crippen LogP contribution in [0.4, 0.5) is 0 Å². The van der Waals surface area contributed by atoms with Gasteiger partial charge >= 0.3 is 0 Å². The Morgan fingerprint density at radius 3 is 2.41 bits per heavy atom. The third-order valence-electron chi connectivity index (χ3n) is 4.77. The third kappa shape index (κ3) is 3.46. The highest BCUT2D eigenvalue weighted by molar-refractivity contribution is 5.96. The molecule has 1 fully saturated rings. The molecular formula is C20H20N4O5. The highest BCUT2D eigenvalue weighted by Crippen LogP contribution is 2.39. The lowest BCUT2D eigenvalue weighted by atomic mass is 9.98. The molecule has 1 aromatic carbocycles. The van der Waals surface area contributed by atoms with E-state index in [0.717, 1.165) is 0 Å². The summed E-state index contributed by atoms with van der Waals surface area (Å²) < 4.78 is 21.3. The van der Waals surface area contributed by atoms with Crippen molar-refractivity contribution >= 4 is 5.91 Å². The van der Waals surface area contributed by atoms with Gasteiger partial charge in [-0.3, -0.25) is 9.78 Å². The van der Waals surface area contributed by atoms with Crippen LogP contribution in [0.1, 0.15) is 22.2 Å². The quantitative estimate of drug-likeness (QED) is 0.626. The van der Waals surface area contributed by atoms with Crippen molar-refractivity contribution < 1.29 is 23.5 Å². The van der Waals surface area contributed by atoms with E-state index in [2.05, 4.69) is 15.1 Å². The first kappa shape index (κ1) is 18.7. The Morgan fingerprint density at radius 1 is 1.10 bits per heavy atom. The van der Waals surface area contributed by atoms with Crippen molar-refractivity contribution in [3.63, 3.8) is 0 Å². The lowest BCUT2D eigenvalue weighted by Gasteiger charge is -2.37. The Labute approximate surface area is 167 Å². The molecule has 3 heterocycles. The largest absolute Gasteiger partial charge is 0.493 e. The summed E-state index contributed by atoms with van der Waals surface area (Å²) in [5, 5.41) is 3.98. The summed E-state index contributed by atoms with van der Waals surface area (Å²) in [6.07, 6.45) is 1.67. The number of methoxy groups -OCH3 is 3. The van der Waals surface area contributed by atoms with Crippen LogP contribution in [0.3, 0.4) is 0 Å². The molecular weight excluding hydrogens is 376 g/mol. The molecule has 2 aromatic heterocycles. The summed E-state index contributed by atoms with van der Waals surface area (Å²) >= 11 is 0. The van der Waals surface area contributed by atoms with Crippen molar-refractivity contribution in [1.82, 2.24) is 20.0 Å². The number of hydrogen-bond acceptors (Lipinski definition) is 8. The highest BCUT2D eigenvalue weighted by atomic mass is 16.5. The number of rotatable bonds is 6. The number of amides is 1. The minimum atomic E-state index is -0.134. The molecule has 3 aromatic rings. The lowest BCUT2D eigenvalue weighted by Crippen LogP contribution is -2.48. The van der Waals surface area contributed by atoms with Crippen LogP contribution >= 0.6 is 0 Å². The Kier molecular flexibility index (Phi) is 5.03. The van der Waals surface area contributed by atoms with E-state index in [1.807, 2.05) is 18.2 Å². The van der Waals surface area contributed by atoms with Crippen molar-refractivity contribution in [2.45, 2.75) is 5.92 Å². The van der Waals surface area contributed by atoms with Gasteiger partial charge in [-0.05, 0) is 24.3 Å². The van der Waals surface area contributed by atoms with Gasteiger partial charge in [0.15, 0.2) is 11.5 Å². The number of ether oxygens (including phenoxy) is 3. The van der Waals surface area contributed by atoms with E-state index in [9.17, 15) is 4.79 Å². The van der Waals surface area contributed by atoms with Crippen molar-refractivity contribution in [1.29, 1.82) is 0 Å². The first-order chi connectivity index (χ1) is 14.1. The van der Waals surface area contributed by atoms with Crippen LogP contribution in [-0.4, -0.2) is 60.4 Å². The summed E-state index contributed by atoms with van der Waals surface area (Å²) in [6, 6.07) is 8.78. The maximum absolute atomic E-state index is 12.9. The standard InChI is InChI=1S/C20H20N4O5/c1-26-15-8-12(9-16(27-2)17(15)28-3)20(25)24-10-13(11-24)19-22-18(23-29-19)14-6-4-5-7-21-14/h4-9,13H,10-11H2,1-3H3. The molecule has 9 heteroatoms. The number of likely N-dealkylation sites (tertiary alicyclic amines) is 1. The van der Waals surface area contributed by atoms with Crippen LogP contribution in [0.25, 0.3) is 11.5 Å². The van der Waals surface area contributed by atoms with Crippen molar-refractivity contribution in [3.05, 3.63) is 48.0 Å². The topological polar surface area (TPSA) is 99.8 Å². The molecule has 9 nitrogen and oxygen atoms in total. The van der Waals surface area contributed by atoms with E-state index in [-0.39, 0.29) is 11.8 Å². The second-order valence-corrected chi connectivity index (χ2v) is 6.49. The molecule has 4 rings (SSSR count). The van der Waals surface area contributed by atoms with E-state index < -0.39 is 0 Å². The van der Waals surface area contributed by atoms with E-state index in [0.29, 0.717) is 53.3 Å².